The van der Waals surface area contributed by atoms with Crippen LogP contribution >= 0.6 is 0 Å². The Morgan fingerprint density at radius 2 is 2.06 bits per heavy atom. The fourth-order valence-corrected chi connectivity index (χ4v) is 4.74. The molecule has 0 saturated carbocycles. The van der Waals surface area contributed by atoms with E-state index in [2.05, 4.69) is 10.0 Å². The first-order valence-corrected chi connectivity index (χ1v) is 8.40. The average molecular weight is 276 g/mol. The SMILES string of the molecule is CC1OCCC1(C)NS(=O)(=O)CC1CCNCC1. The minimum atomic E-state index is -3.21. The van der Waals surface area contributed by atoms with Gasteiger partial charge in [0.05, 0.1) is 17.4 Å². The van der Waals surface area contributed by atoms with E-state index in [4.69, 9.17) is 4.74 Å². The first kappa shape index (κ1) is 14.2. The highest BCUT2D eigenvalue weighted by atomic mass is 32.2. The van der Waals surface area contributed by atoms with Gasteiger partial charge in [-0.05, 0) is 52.1 Å². The predicted octanol–water partition coefficient (Wildman–Crippen LogP) is 0.473. The van der Waals surface area contributed by atoms with Crippen LogP contribution in [0.2, 0.25) is 0 Å². The fourth-order valence-electron chi connectivity index (χ4n) is 2.72. The number of ether oxygens (including phenoxy) is 1. The van der Waals surface area contributed by atoms with E-state index in [1.54, 1.807) is 0 Å². The second-order valence-corrected chi connectivity index (χ2v) is 7.52. The Morgan fingerprint density at radius 1 is 1.39 bits per heavy atom. The van der Waals surface area contributed by atoms with Crippen LogP contribution in [0.4, 0.5) is 0 Å². The van der Waals surface area contributed by atoms with Gasteiger partial charge in [0.25, 0.3) is 0 Å². The maximum Gasteiger partial charge on any atom is 0.212 e. The minimum absolute atomic E-state index is 0.0553. The zero-order valence-electron chi connectivity index (χ0n) is 11.2. The van der Waals surface area contributed by atoms with Crippen LogP contribution in [0.3, 0.4) is 0 Å². The molecule has 2 atom stereocenters. The van der Waals surface area contributed by atoms with Gasteiger partial charge in [0.15, 0.2) is 0 Å². The number of hydrogen-bond acceptors (Lipinski definition) is 4. The summed E-state index contributed by atoms with van der Waals surface area (Å²) in [6.07, 6.45) is 2.59. The average Bonchev–Trinajstić information content (AvgIpc) is 2.58. The van der Waals surface area contributed by atoms with Crippen LogP contribution in [0, 0.1) is 5.92 Å². The van der Waals surface area contributed by atoms with Crippen LogP contribution in [0.15, 0.2) is 0 Å². The van der Waals surface area contributed by atoms with E-state index in [1.165, 1.54) is 0 Å². The van der Waals surface area contributed by atoms with Gasteiger partial charge in [0.1, 0.15) is 0 Å². The van der Waals surface area contributed by atoms with E-state index in [-0.39, 0.29) is 17.8 Å². The summed E-state index contributed by atoms with van der Waals surface area (Å²) in [7, 11) is -3.21. The Balaban J connectivity index is 1.94. The summed E-state index contributed by atoms with van der Waals surface area (Å²) in [6.45, 7) is 6.35. The van der Waals surface area contributed by atoms with Crippen molar-refractivity contribution in [3.8, 4) is 0 Å². The topological polar surface area (TPSA) is 67.4 Å². The normalized spacial score (nSPS) is 34.9. The molecule has 2 unspecified atom stereocenters. The van der Waals surface area contributed by atoms with Gasteiger partial charge in [-0.1, -0.05) is 0 Å². The van der Waals surface area contributed by atoms with Gasteiger partial charge in [0, 0.05) is 6.61 Å². The highest BCUT2D eigenvalue weighted by Gasteiger charge is 2.40. The molecule has 106 valence electrons. The molecule has 6 heteroatoms. The third-order valence-corrected chi connectivity index (χ3v) is 5.88. The summed E-state index contributed by atoms with van der Waals surface area (Å²) in [5.74, 6) is 0.529. The molecule has 2 fully saturated rings. The number of piperidine rings is 1. The van der Waals surface area contributed by atoms with E-state index in [1.807, 2.05) is 13.8 Å². The van der Waals surface area contributed by atoms with Crippen molar-refractivity contribution in [3.63, 3.8) is 0 Å². The molecule has 2 saturated heterocycles. The molecule has 0 aromatic carbocycles. The highest BCUT2D eigenvalue weighted by Crippen LogP contribution is 2.26. The molecule has 0 spiro atoms. The third kappa shape index (κ3) is 3.44. The lowest BCUT2D eigenvalue weighted by molar-refractivity contribution is 0.0957. The second kappa shape index (κ2) is 5.45. The number of nitrogens with one attached hydrogen (secondary N) is 2. The van der Waals surface area contributed by atoms with Crippen LogP contribution in [0.5, 0.6) is 0 Å². The van der Waals surface area contributed by atoms with E-state index >= 15 is 0 Å². The largest absolute Gasteiger partial charge is 0.376 e. The van der Waals surface area contributed by atoms with Gasteiger partial charge < -0.3 is 10.1 Å². The molecule has 2 aliphatic heterocycles. The van der Waals surface area contributed by atoms with Crippen LogP contribution in [-0.4, -0.2) is 45.5 Å². The fraction of sp³-hybridized carbons (Fsp3) is 1.00. The monoisotopic (exact) mass is 276 g/mol. The summed E-state index contributed by atoms with van der Waals surface area (Å²) in [4.78, 5) is 0. The van der Waals surface area contributed by atoms with Gasteiger partial charge in [-0.3, -0.25) is 0 Å². The summed E-state index contributed by atoms with van der Waals surface area (Å²) >= 11 is 0. The summed E-state index contributed by atoms with van der Waals surface area (Å²) in [6, 6.07) is 0. The molecule has 2 aliphatic rings. The lowest BCUT2D eigenvalue weighted by Crippen LogP contribution is -2.52. The Morgan fingerprint density at radius 3 is 2.61 bits per heavy atom. The summed E-state index contributed by atoms with van der Waals surface area (Å²) in [5.41, 5.74) is -0.439. The first-order chi connectivity index (χ1) is 8.41. The first-order valence-electron chi connectivity index (χ1n) is 6.75. The van der Waals surface area contributed by atoms with Gasteiger partial charge in [-0.2, -0.15) is 0 Å². The zero-order chi connectivity index (χ0) is 13.2. The zero-order valence-corrected chi connectivity index (χ0v) is 12.1. The van der Waals surface area contributed by atoms with Crippen molar-refractivity contribution in [2.45, 2.75) is 44.8 Å². The standard InChI is InChI=1S/C12H24N2O3S/c1-10-12(2,5-8-17-10)14-18(15,16)9-11-3-6-13-7-4-11/h10-11,13-14H,3-9H2,1-2H3. The molecule has 0 aromatic rings. The van der Waals surface area contributed by atoms with Crippen LogP contribution < -0.4 is 10.0 Å². The quantitative estimate of drug-likeness (QED) is 0.783. The van der Waals surface area contributed by atoms with Crippen molar-refractivity contribution >= 4 is 10.0 Å². The Hall–Kier alpha value is -0.170. The van der Waals surface area contributed by atoms with Crippen molar-refractivity contribution in [1.29, 1.82) is 0 Å². The molecule has 2 rings (SSSR count). The minimum Gasteiger partial charge on any atom is -0.376 e. The van der Waals surface area contributed by atoms with Gasteiger partial charge in [0.2, 0.25) is 10.0 Å². The number of rotatable bonds is 4. The van der Waals surface area contributed by atoms with Crippen LogP contribution in [0.25, 0.3) is 0 Å². The number of hydrogen-bond donors (Lipinski definition) is 2. The lowest BCUT2D eigenvalue weighted by Gasteiger charge is -2.30. The Kier molecular flexibility index (Phi) is 4.31. The van der Waals surface area contributed by atoms with Gasteiger partial charge >= 0.3 is 0 Å². The molecule has 2 heterocycles. The molecule has 18 heavy (non-hydrogen) atoms. The van der Waals surface area contributed by atoms with Gasteiger partial charge in [-0.25, -0.2) is 13.1 Å². The molecule has 5 nitrogen and oxygen atoms in total. The molecule has 0 aliphatic carbocycles. The van der Waals surface area contributed by atoms with Crippen molar-refractivity contribution in [3.05, 3.63) is 0 Å². The lowest BCUT2D eigenvalue weighted by atomic mass is 9.97. The second-order valence-electron chi connectivity index (χ2n) is 5.76. The van der Waals surface area contributed by atoms with Crippen molar-refractivity contribution in [1.82, 2.24) is 10.0 Å². The summed E-state index contributed by atoms with van der Waals surface area (Å²) in [5, 5.41) is 3.25. The molecule has 0 aromatic heterocycles. The van der Waals surface area contributed by atoms with E-state index in [0.717, 1.165) is 32.4 Å². The van der Waals surface area contributed by atoms with E-state index < -0.39 is 15.6 Å². The number of sulfonamides is 1. The van der Waals surface area contributed by atoms with Crippen LogP contribution in [-0.2, 0) is 14.8 Å². The molecule has 2 N–H and O–H groups in total. The highest BCUT2D eigenvalue weighted by molar-refractivity contribution is 7.89. The summed E-state index contributed by atoms with van der Waals surface area (Å²) < 4.78 is 32.8. The van der Waals surface area contributed by atoms with Gasteiger partial charge in [-0.15, -0.1) is 0 Å². The maximum absolute atomic E-state index is 12.2. The molecular formula is C12H24N2O3S. The Labute approximate surface area is 110 Å². The van der Waals surface area contributed by atoms with E-state index in [0.29, 0.717) is 6.61 Å². The van der Waals surface area contributed by atoms with Crippen LogP contribution in [0.1, 0.15) is 33.1 Å². The van der Waals surface area contributed by atoms with Crippen molar-refractivity contribution in [2.24, 2.45) is 5.92 Å². The predicted molar refractivity (Wildman–Crippen MR) is 71.0 cm³/mol. The smallest absolute Gasteiger partial charge is 0.212 e. The molecule has 0 radical (unpaired) electrons. The molecule has 0 amide bonds. The van der Waals surface area contributed by atoms with Crippen molar-refractivity contribution in [2.75, 3.05) is 25.4 Å². The molecular weight excluding hydrogens is 252 g/mol. The van der Waals surface area contributed by atoms with Crippen molar-refractivity contribution < 1.29 is 13.2 Å². The third-order valence-electron chi connectivity index (χ3n) is 4.19. The molecule has 0 bridgehead atoms. The van der Waals surface area contributed by atoms with E-state index in [9.17, 15) is 8.42 Å². The maximum atomic E-state index is 12.2. The Bertz CT molecular complexity index is 379.